The van der Waals surface area contributed by atoms with Crippen LogP contribution < -0.4 is 11.1 Å². The van der Waals surface area contributed by atoms with Crippen molar-refractivity contribution in [3.05, 3.63) is 53.4 Å². The minimum Gasteiger partial charge on any atom is -0.364 e. The van der Waals surface area contributed by atoms with Crippen molar-refractivity contribution in [2.75, 3.05) is 5.32 Å². The van der Waals surface area contributed by atoms with Gasteiger partial charge in [0.1, 0.15) is 5.69 Å². The Morgan fingerprint density at radius 2 is 2.12 bits per heavy atom. The zero-order valence-electron chi connectivity index (χ0n) is 12.7. The quantitative estimate of drug-likeness (QED) is 0.449. The average Bonchev–Trinajstić information content (AvgIpc) is 3.33. The molecule has 0 saturated carbocycles. The van der Waals surface area contributed by atoms with Crippen molar-refractivity contribution in [1.82, 2.24) is 19.9 Å². The minimum absolute atomic E-state index is 0.295. The lowest BCUT2D eigenvalue weighted by Crippen LogP contribution is -2.12. The smallest absolute Gasteiger partial charge is 0.265 e. The molecular formula is C16H12N6O2S. The number of H-pyrrole nitrogens is 2. The van der Waals surface area contributed by atoms with E-state index in [4.69, 9.17) is 5.73 Å². The zero-order valence-corrected chi connectivity index (χ0v) is 13.6. The summed E-state index contributed by atoms with van der Waals surface area (Å²) < 4.78 is 0. The summed E-state index contributed by atoms with van der Waals surface area (Å²) in [5, 5.41) is 4.99. The van der Waals surface area contributed by atoms with E-state index in [-0.39, 0.29) is 5.91 Å². The van der Waals surface area contributed by atoms with Crippen LogP contribution in [-0.2, 0) is 0 Å². The van der Waals surface area contributed by atoms with Crippen LogP contribution in [0, 0.1) is 0 Å². The van der Waals surface area contributed by atoms with Crippen molar-refractivity contribution in [3.63, 3.8) is 0 Å². The van der Waals surface area contributed by atoms with Crippen molar-refractivity contribution in [2.45, 2.75) is 0 Å². The highest BCUT2D eigenvalue weighted by Gasteiger charge is 2.13. The zero-order chi connectivity index (χ0) is 17.4. The molecule has 4 rings (SSSR count). The van der Waals surface area contributed by atoms with E-state index >= 15 is 0 Å². The predicted molar refractivity (Wildman–Crippen MR) is 94.5 cm³/mol. The molecule has 4 heterocycles. The Kier molecular flexibility index (Phi) is 3.55. The Morgan fingerprint density at radius 1 is 1.24 bits per heavy atom. The summed E-state index contributed by atoms with van der Waals surface area (Å²) in [6, 6.07) is 5.19. The number of primary amides is 1. The van der Waals surface area contributed by atoms with E-state index in [0.29, 0.717) is 22.1 Å². The summed E-state index contributed by atoms with van der Waals surface area (Å²) >= 11 is 1.29. The van der Waals surface area contributed by atoms with Gasteiger partial charge < -0.3 is 15.7 Å². The maximum atomic E-state index is 12.4. The Bertz CT molecular complexity index is 1090. The first-order valence-corrected chi connectivity index (χ1v) is 8.17. The lowest BCUT2D eigenvalue weighted by Gasteiger charge is -2.01. The third-order valence-electron chi connectivity index (χ3n) is 3.63. The molecule has 0 spiro atoms. The van der Waals surface area contributed by atoms with E-state index in [9.17, 15) is 9.59 Å². The van der Waals surface area contributed by atoms with Crippen molar-refractivity contribution in [3.8, 4) is 11.3 Å². The van der Waals surface area contributed by atoms with Crippen LogP contribution in [0.2, 0.25) is 0 Å². The molecule has 0 bridgehead atoms. The number of carbonyl (C=O) groups excluding carboxylic acids is 2. The van der Waals surface area contributed by atoms with E-state index in [1.165, 1.54) is 17.5 Å². The largest absolute Gasteiger partial charge is 0.364 e. The van der Waals surface area contributed by atoms with Gasteiger partial charge in [0.25, 0.3) is 11.8 Å². The number of thiazole rings is 1. The Balaban J connectivity index is 1.53. The Hall–Kier alpha value is -3.46. The molecule has 2 amide bonds. The molecule has 0 aliphatic carbocycles. The molecule has 5 N–H and O–H groups in total. The third-order valence-corrected chi connectivity index (χ3v) is 4.39. The molecule has 4 aromatic heterocycles. The molecule has 0 aliphatic rings. The summed E-state index contributed by atoms with van der Waals surface area (Å²) in [5.74, 6) is -0.834. The second kappa shape index (κ2) is 5.87. The van der Waals surface area contributed by atoms with E-state index in [1.807, 2.05) is 6.07 Å². The number of hydrogen-bond donors (Lipinski definition) is 4. The van der Waals surface area contributed by atoms with Crippen LogP contribution in [0.4, 0.5) is 5.13 Å². The highest BCUT2D eigenvalue weighted by molar-refractivity contribution is 7.14. The number of amides is 2. The van der Waals surface area contributed by atoms with Gasteiger partial charge in [-0.15, -0.1) is 11.3 Å². The average molecular weight is 352 g/mol. The molecule has 0 aromatic carbocycles. The van der Waals surface area contributed by atoms with Gasteiger partial charge in [-0.3, -0.25) is 19.9 Å². The highest BCUT2D eigenvalue weighted by Crippen LogP contribution is 2.26. The van der Waals surface area contributed by atoms with Crippen molar-refractivity contribution < 1.29 is 9.59 Å². The fourth-order valence-electron chi connectivity index (χ4n) is 2.38. The molecule has 124 valence electrons. The van der Waals surface area contributed by atoms with Crippen LogP contribution in [0.5, 0.6) is 0 Å². The number of carbonyl (C=O) groups is 2. The monoisotopic (exact) mass is 352 g/mol. The number of pyridine rings is 1. The van der Waals surface area contributed by atoms with Gasteiger partial charge in [0.05, 0.1) is 22.3 Å². The summed E-state index contributed by atoms with van der Waals surface area (Å²) in [4.78, 5) is 37.9. The topological polar surface area (TPSA) is 130 Å². The minimum atomic E-state index is -0.540. The summed E-state index contributed by atoms with van der Waals surface area (Å²) in [7, 11) is 0. The molecule has 0 saturated heterocycles. The van der Waals surface area contributed by atoms with E-state index < -0.39 is 5.91 Å². The summed E-state index contributed by atoms with van der Waals surface area (Å²) in [6.07, 6.45) is 4.93. The van der Waals surface area contributed by atoms with Crippen molar-refractivity contribution >= 4 is 39.3 Å². The number of nitrogens with zero attached hydrogens (tertiary/aromatic N) is 2. The van der Waals surface area contributed by atoms with E-state index in [1.54, 1.807) is 29.9 Å². The van der Waals surface area contributed by atoms with Gasteiger partial charge in [0.2, 0.25) is 0 Å². The van der Waals surface area contributed by atoms with Gasteiger partial charge >= 0.3 is 0 Å². The number of aromatic nitrogens is 4. The summed E-state index contributed by atoms with van der Waals surface area (Å²) in [5.41, 5.74) is 8.91. The first-order chi connectivity index (χ1) is 12.1. The molecule has 8 nitrogen and oxygen atoms in total. The van der Waals surface area contributed by atoms with Crippen LogP contribution in [0.3, 0.4) is 0 Å². The van der Waals surface area contributed by atoms with Crippen molar-refractivity contribution in [2.24, 2.45) is 5.73 Å². The number of anilines is 1. The molecule has 4 aromatic rings. The Labute approximate surface area is 145 Å². The highest BCUT2D eigenvalue weighted by atomic mass is 32.1. The van der Waals surface area contributed by atoms with Gasteiger partial charge in [-0.1, -0.05) is 0 Å². The SMILES string of the molecule is NC(=O)c1cc(-c2csc(NC(=O)c3cnc4cc[nH]c4c3)n2)c[nH]1. The normalized spacial score (nSPS) is 10.9. The first-order valence-electron chi connectivity index (χ1n) is 7.29. The lowest BCUT2D eigenvalue weighted by molar-refractivity contribution is 0.0994. The molecule has 0 fully saturated rings. The van der Waals surface area contributed by atoms with E-state index in [0.717, 1.165) is 16.6 Å². The maximum Gasteiger partial charge on any atom is 0.265 e. The number of fused-ring (bicyclic) bond motifs is 1. The lowest BCUT2D eigenvalue weighted by atomic mass is 10.2. The van der Waals surface area contributed by atoms with Gasteiger partial charge in [-0.05, 0) is 18.2 Å². The molecule has 0 aliphatic heterocycles. The fraction of sp³-hybridized carbons (Fsp3) is 0. The maximum absolute atomic E-state index is 12.4. The predicted octanol–water partition coefficient (Wildman–Crippen LogP) is 2.37. The Morgan fingerprint density at radius 3 is 2.92 bits per heavy atom. The molecule has 0 atom stereocenters. The van der Waals surface area contributed by atoms with Crippen LogP contribution >= 0.6 is 11.3 Å². The number of aromatic amines is 2. The van der Waals surface area contributed by atoms with E-state index in [2.05, 4.69) is 25.3 Å². The third kappa shape index (κ3) is 2.88. The molecular weight excluding hydrogens is 340 g/mol. The first kappa shape index (κ1) is 15.1. The number of nitrogens with two attached hydrogens (primary N) is 1. The second-order valence-electron chi connectivity index (χ2n) is 5.29. The van der Waals surface area contributed by atoms with Crippen molar-refractivity contribution in [1.29, 1.82) is 0 Å². The number of nitrogens with one attached hydrogen (secondary N) is 3. The second-order valence-corrected chi connectivity index (χ2v) is 6.15. The fourth-order valence-corrected chi connectivity index (χ4v) is 3.09. The number of hydrogen-bond acceptors (Lipinski definition) is 5. The van der Waals surface area contributed by atoms with Gasteiger partial charge in [-0.2, -0.15) is 0 Å². The number of rotatable bonds is 4. The van der Waals surface area contributed by atoms with Crippen LogP contribution in [0.15, 0.2) is 42.2 Å². The van der Waals surface area contributed by atoms with Gasteiger partial charge in [-0.25, -0.2) is 4.98 Å². The van der Waals surface area contributed by atoms with Crippen LogP contribution in [0.1, 0.15) is 20.8 Å². The van der Waals surface area contributed by atoms with Gasteiger partial charge in [0, 0.05) is 29.5 Å². The molecule has 9 heteroatoms. The van der Waals surface area contributed by atoms with Crippen LogP contribution in [-0.4, -0.2) is 31.8 Å². The standard InChI is InChI=1S/C16H12N6O2S/c17-14(23)12-3-8(5-20-12)13-7-25-16(21-13)22-15(24)9-4-11-10(19-6-9)1-2-18-11/h1-7,18,20H,(H2,17,23)(H,21,22,24). The molecule has 0 unspecified atom stereocenters. The van der Waals surface area contributed by atoms with Crippen LogP contribution in [0.25, 0.3) is 22.3 Å². The van der Waals surface area contributed by atoms with Gasteiger partial charge in [0.15, 0.2) is 5.13 Å². The molecule has 25 heavy (non-hydrogen) atoms. The molecule has 0 radical (unpaired) electrons. The summed E-state index contributed by atoms with van der Waals surface area (Å²) in [6.45, 7) is 0.